The molecule has 0 radical (unpaired) electrons. The highest BCUT2D eigenvalue weighted by Gasteiger charge is 2.25. The van der Waals surface area contributed by atoms with Crippen molar-refractivity contribution in [3.8, 4) is 0 Å². The van der Waals surface area contributed by atoms with Crippen LogP contribution in [-0.2, 0) is 14.8 Å². The van der Waals surface area contributed by atoms with Gasteiger partial charge in [0.05, 0.1) is 23.6 Å². The van der Waals surface area contributed by atoms with E-state index in [1.807, 2.05) is 19.9 Å². The largest absolute Gasteiger partial charge is 0.464 e. The van der Waals surface area contributed by atoms with Gasteiger partial charge in [-0.1, -0.05) is 36.8 Å². The Balaban J connectivity index is 1.84. The molecular weight excluding hydrogens is 454 g/mol. The second-order valence-corrected chi connectivity index (χ2v) is 9.83. The van der Waals surface area contributed by atoms with Gasteiger partial charge in [0.1, 0.15) is 11.4 Å². The molecular formula is C25H25N3O5S. The minimum Gasteiger partial charge on any atom is -0.464 e. The molecule has 0 saturated heterocycles. The van der Waals surface area contributed by atoms with Crippen molar-refractivity contribution in [3.05, 3.63) is 83.3 Å². The van der Waals surface area contributed by atoms with Crippen molar-refractivity contribution in [2.75, 3.05) is 7.11 Å². The number of aryl methyl sites for hydroxylation is 1. The third kappa shape index (κ3) is 3.92. The van der Waals surface area contributed by atoms with Gasteiger partial charge in [-0.05, 0) is 43.7 Å². The Labute approximate surface area is 197 Å². The molecule has 4 rings (SSSR count). The van der Waals surface area contributed by atoms with E-state index in [0.717, 1.165) is 11.1 Å². The number of ether oxygens (including phenoxy) is 1. The van der Waals surface area contributed by atoms with E-state index in [2.05, 4.69) is 5.10 Å². The fourth-order valence-corrected chi connectivity index (χ4v) is 5.31. The summed E-state index contributed by atoms with van der Waals surface area (Å²) in [6.07, 6.45) is 1.77. The summed E-state index contributed by atoms with van der Waals surface area (Å²) in [6, 6.07) is 14.7. The van der Waals surface area contributed by atoms with E-state index >= 15 is 0 Å². The average Bonchev–Trinajstić information content (AvgIpc) is 3.48. The second kappa shape index (κ2) is 8.90. The van der Waals surface area contributed by atoms with Gasteiger partial charge in [-0.25, -0.2) is 17.2 Å². The van der Waals surface area contributed by atoms with Crippen LogP contribution in [0.3, 0.4) is 0 Å². The molecule has 8 nitrogen and oxygen atoms in total. The standard InChI is InChI=1S/C25H25N3O5S/c1-5-24(29)21-15-23(25(30)33-4)28(26-21)17(3)19-7-6-8-22-20(19)13-14-27(22)34(31,32)18-11-9-16(2)10-12-18/h6-15,17H,5H2,1-4H3. The maximum atomic E-state index is 13.3. The van der Waals surface area contributed by atoms with Crippen LogP contribution in [0.25, 0.3) is 10.9 Å². The predicted octanol–water partition coefficient (Wildman–Crippen LogP) is 4.37. The van der Waals surface area contributed by atoms with E-state index in [1.165, 1.54) is 28.0 Å². The Morgan fingerprint density at radius 1 is 1.09 bits per heavy atom. The summed E-state index contributed by atoms with van der Waals surface area (Å²) in [7, 11) is -2.54. The first-order chi connectivity index (χ1) is 16.2. The van der Waals surface area contributed by atoms with Gasteiger partial charge in [-0.2, -0.15) is 5.10 Å². The monoisotopic (exact) mass is 479 g/mol. The highest BCUT2D eigenvalue weighted by Crippen LogP contribution is 2.31. The molecule has 0 N–H and O–H groups in total. The van der Waals surface area contributed by atoms with E-state index < -0.39 is 22.0 Å². The number of rotatable bonds is 7. The Bertz CT molecular complexity index is 1500. The zero-order valence-electron chi connectivity index (χ0n) is 19.3. The second-order valence-electron chi connectivity index (χ2n) is 8.01. The summed E-state index contributed by atoms with van der Waals surface area (Å²) in [5, 5.41) is 5.08. The van der Waals surface area contributed by atoms with E-state index in [9.17, 15) is 18.0 Å². The number of esters is 1. The molecule has 2 aromatic carbocycles. The fraction of sp³-hybridized carbons (Fsp3) is 0.240. The molecule has 0 fully saturated rings. The van der Waals surface area contributed by atoms with Crippen LogP contribution in [0.5, 0.6) is 0 Å². The Morgan fingerprint density at radius 3 is 2.44 bits per heavy atom. The lowest BCUT2D eigenvalue weighted by Crippen LogP contribution is -2.17. The topological polar surface area (TPSA) is 100 Å². The summed E-state index contributed by atoms with van der Waals surface area (Å²) in [5.74, 6) is -0.800. The number of nitrogens with zero attached hydrogens (tertiary/aromatic N) is 3. The van der Waals surface area contributed by atoms with Crippen LogP contribution in [0.1, 0.15) is 58.4 Å². The third-order valence-electron chi connectivity index (χ3n) is 5.86. The van der Waals surface area contributed by atoms with Gasteiger partial charge in [0.25, 0.3) is 10.0 Å². The molecule has 0 bridgehead atoms. The van der Waals surface area contributed by atoms with Crippen molar-refractivity contribution in [1.29, 1.82) is 0 Å². The normalized spacial score (nSPS) is 12.6. The van der Waals surface area contributed by atoms with Crippen LogP contribution in [-0.4, -0.2) is 41.0 Å². The maximum absolute atomic E-state index is 13.3. The Kier molecular flexibility index (Phi) is 6.14. The molecule has 0 aliphatic rings. The van der Waals surface area contributed by atoms with Crippen molar-refractivity contribution in [3.63, 3.8) is 0 Å². The SMILES string of the molecule is CCC(=O)c1cc(C(=O)OC)n(C(C)c2cccc3c2ccn3S(=O)(=O)c2ccc(C)cc2)n1. The van der Waals surface area contributed by atoms with Gasteiger partial charge in [-0.3, -0.25) is 9.48 Å². The number of aromatic nitrogens is 3. The molecule has 0 amide bonds. The van der Waals surface area contributed by atoms with Gasteiger partial charge in [0.2, 0.25) is 0 Å². The highest BCUT2D eigenvalue weighted by atomic mass is 32.2. The smallest absolute Gasteiger partial charge is 0.356 e. The number of Topliss-reactive ketones (excluding diaryl/α,β-unsaturated/α-hetero) is 1. The summed E-state index contributed by atoms with van der Waals surface area (Å²) in [5.41, 5.74) is 2.55. The lowest BCUT2D eigenvalue weighted by molar-refractivity contribution is 0.0585. The van der Waals surface area contributed by atoms with Gasteiger partial charge < -0.3 is 4.74 Å². The van der Waals surface area contributed by atoms with Crippen molar-refractivity contribution in [2.24, 2.45) is 0 Å². The first-order valence-electron chi connectivity index (χ1n) is 10.8. The highest BCUT2D eigenvalue weighted by molar-refractivity contribution is 7.90. The van der Waals surface area contributed by atoms with E-state index in [-0.39, 0.29) is 28.5 Å². The average molecular weight is 480 g/mol. The summed E-state index contributed by atoms with van der Waals surface area (Å²) in [4.78, 5) is 24.8. The molecule has 2 aromatic heterocycles. The van der Waals surface area contributed by atoms with Crippen LogP contribution in [0, 0.1) is 6.92 Å². The molecule has 0 aliphatic heterocycles. The summed E-state index contributed by atoms with van der Waals surface area (Å²) in [6.45, 7) is 5.45. The molecule has 9 heteroatoms. The van der Waals surface area contributed by atoms with Gasteiger partial charge in [0.15, 0.2) is 5.78 Å². The lowest BCUT2D eigenvalue weighted by Gasteiger charge is -2.17. The molecule has 0 aliphatic carbocycles. The van der Waals surface area contributed by atoms with Gasteiger partial charge >= 0.3 is 5.97 Å². The zero-order valence-corrected chi connectivity index (χ0v) is 20.2. The van der Waals surface area contributed by atoms with Gasteiger partial charge in [0, 0.05) is 24.1 Å². The van der Waals surface area contributed by atoms with E-state index in [4.69, 9.17) is 4.74 Å². The molecule has 2 heterocycles. The number of ketones is 1. The van der Waals surface area contributed by atoms with Crippen molar-refractivity contribution < 1.29 is 22.7 Å². The van der Waals surface area contributed by atoms with Crippen LogP contribution in [0.2, 0.25) is 0 Å². The fourth-order valence-electron chi connectivity index (χ4n) is 3.96. The van der Waals surface area contributed by atoms with Crippen molar-refractivity contribution in [2.45, 2.75) is 38.1 Å². The van der Waals surface area contributed by atoms with Crippen LogP contribution < -0.4 is 0 Å². The summed E-state index contributed by atoms with van der Waals surface area (Å²) >= 11 is 0. The molecule has 0 saturated carbocycles. The minimum atomic E-state index is -3.81. The van der Waals surface area contributed by atoms with Crippen LogP contribution in [0.15, 0.2) is 65.7 Å². The maximum Gasteiger partial charge on any atom is 0.356 e. The van der Waals surface area contributed by atoms with Gasteiger partial charge in [-0.15, -0.1) is 0 Å². The lowest BCUT2D eigenvalue weighted by atomic mass is 10.0. The molecule has 176 valence electrons. The number of hydrogen-bond acceptors (Lipinski definition) is 6. The molecule has 0 spiro atoms. The number of hydrogen-bond donors (Lipinski definition) is 0. The van der Waals surface area contributed by atoms with Crippen molar-refractivity contribution in [1.82, 2.24) is 13.8 Å². The number of methoxy groups -OCH3 is 1. The minimum absolute atomic E-state index is 0.149. The van der Waals surface area contributed by atoms with Crippen LogP contribution >= 0.6 is 0 Å². The van der Waals surface area contributed by atoms with E-state index in [0.29, 0.717) is 10.9 Å². The first kappa shape index (κ1) is 23.4. The molecule has 1 atom stereocenters. The quantitative estimate of drug-likeness (QED) is 0.288. The summed E-state index contributed by atoms with van der Waals surface area (Å²) < 4.78 is 34.2. The zero-order chi connectivity index (χ0) is 24.6. The molecule has 4 aromatic rings. The Hall–Kier alpha value is -3.72. The predicted molar refractivity (Wildman–Crippen MR) is 128 cm³/mol. The number of carbonyl (C=O) groups excluding carboxylic acids is 2. The molecule has 1 unspecified atom stereocenters. The molecule has 34 heavy (non-hydrogen) atoms. The van der Waals surface area contributed by atoms with Crippen molar-refractivity contribution >= 4 is 32.7 Å². The van der Waals surface area contributed by atoms with E-state index in [1.54, 1.807) is 49.4 Å². The third-order valence-corrected chi connectivity index (χ3v) is 7.57. The number of carbonyl (C=O) groups is 2. The Morgan fingerprint density at radius 2 is 1.79 bits per heavy atom. The number of fused-ring (bicyclic) bond motifs is 1. The number of benzene rings is 2. The first-order valence-corrected chi connectivity index (χ1v) is 12.3. The van der Waals surface area contributed by atoms with Crippen LogP contribution in [0.4, 0.5) is 0 Å².